The summed E-state index contributed by atoms with van der Waals surface area (Å²) in [5, 5.41) is 2.94. The maximum absolute atomic E-state index is 12.2. The monoisotopic (exact) mass is 282 g/mol. The van der Waals surface area contributed by atoms with Crippen LogP contribution in [-0.2, 0) is 4.74 Å². The first-order chi connectivity index (χ1) is 10.3. The molecule has 0 bridgehead atoms. The Morgan fingerprint density at radius 2 is 1.76 bits per heavy atom. The fourth-order valence-corrected chi connectivity index (χ4v) is 2.39. The van der Waals surface area contributed by atoms with Gasteiger partial charge in [0.1, 0.15) is 0 Å². The first kappa shape index (κ1) is 13.6. The summed E-state index contributed by atoms with van der Waals surface area (Å²) in [4.78, 5) is 14.4. The van der Waals surface area contributed by atoms with Crippen molar-refractivity contribution in [3.63, 3.8) is 0 Å². The van der Waals surface area contributed by atoms with E-state index in [0.717, 1.165) is 37.7 Å². The van der Waals surface area contributed by atoms with E-state index in [1.807, 2.05) is 36.4 Å². The van der Waals surface area contributed by atoms with Crippen LogP contribution in [0.15, 0.2) is 54.6 Å². The Morgan fingerprint density at radius 1 is 1.00 bits per heavy atom. The molecule has 1 amide bonds. The van der Waals surface area contributed by atoms with Gasteiger partial charge < -0.3 is 15.0 Å². The Hall–Kier alpha value is -2.33. The van der Waals surface area contributed by atoms with Crippen LogP contribution in [-0.4, -0.2) is 32.2 Å². The predicted molar refractivity (Wildman–Crippen MR) is 83.9 cm³/mol. The second-order valence-electron chi connectivity index (χ2n) is 4.97. The smallest absolute Gasteiger partial charge is 0.255 e. The largest absolute Gasteiger partial charge is 0.378 e. The molecule has 1 heterocycles. The molecule has 2 aromatic rings. The van der Waals surface area contributed by atoms with Crippen LogP contribution in [0, 0.1) is 0 Å². The molecule has 3 rings (SSSR count). The fraction of sp³-hybridized carbons (Fsp3) is 0.235. The molecule has 1 aliphatic rings. The molecule has 0 atom stereocenters. The molecule has 108 valence electrons. The van der Waals surface area contributed by atoms with E-state index >= 15 is 0 Å². The molecule has 1 fully saturated rings. The van der Waals surface area contributed by atoms with Crippen molar-refractivity contribution in [2.75, 3.05) is 36.5 Å². The minimum Gasteiger partial charge on any atom is -0.378 e. The number of hydrogen-bond acceptors (Lipinski definition) is 3. The number of carbonyl (C=O) groups excluding carboxylic acids is 1. The Bertz CT molecular complexity index is 607. The average molecular weight is 282 g/mol. The van der Waals surface area contributed by atoms with Crippen LogP contribution in [0.25, 0.3) is 0 Å². The number of hydrogen-bond donors (Lipinski definition) is 1. The van der Waals surface area contributed by atoms with Gasteiger partial charge in [0.25, 0.3) is 5.91 Å². The lowest BCUT2D eigenvalue weighted by Gasteiger charge is -2.29. The highest BCUT2D eigenvalue weighted by Crippen LogP contribution is 2.21. The van der Waals surface area contributed by atoms with Crippen LogP contribution < -0.4 is 10.2 Å². The topological polar surface area (TPSA) is 41.6 Å². The average Bonchev–Trinajstić information content (AvgIpc) is 2.57. The van der Waals surface area contributed by atoms with Gasteiger partial charge in [0.05, 0.1) is 13.2 Å². The maximum atomic E-state index is 12.2. The van der Waals surface area contributed by atoms with Gasteiger partial charge in [0.2, 0.25) is 0 Å². The predicted octanol–water partition coefficient (Wildman–Crippen LogP) is 2.78. The second kappa shape index (κ2) is 6.41. The van der Waals surface area contributed by atoms with E-state index < -0.39 is 0 Å². The zero-order chi connectivity index (χ0) is 14.5. The highest BCUT2D eigenvalue weighted by Gasteiger charge is 2.12. The Balaban J connectivity index is 1.72. The summed E-state index contributed by atoms with van der Waals surface area (Å²) in [5.41, 5.74) is 2.59. The molecule has 0 spiro atoms. The number of benzene rings is 2. The highest BCUT2D eigenvalue weighted by molar-refractivity contribution is 6.04. The number of rotatable bonds is 3. The molecule has 21 heavy (non-hydrogen) atoms. The van der Waals surface area contributed by atoms with Crippen molar-refractivity contribution in [3.05, 3.63) is 60.2 Å². The number of anilines is 2. The van der Waals surface area contributed by atoms with Crippen molar-refractivity contribution in [2.24, 2.45) is 0 Å². The van der Waals surface area contributed by atoms with Crippen LogP contribution in [0.4, 0.5) is 11.4 Å². The summed E-state index contributed by atoms with van der Waals surface area (Å²) < 4.78 is 5.36. The Morgan fingerprint density at radius 3 is 2.52 bits per heavy atom. The third kappa shape index (κ3) is 3.41. The van der Waals surface area contributed by atoms with Crippen molar-refractivity contribution < 1.29 is 9.53 Å². The van der Waals surface area contributed by atoms with Gasteiger partial charge in [-0.3, -0.25) is 4.79 Å². The summed E-state index contributed by atoms with van der Waals surface area (Å²) in [6.45, 7) is 3.27. The van der Waals surface area contributed by atoms with Crippen molar-refractivity contribution >= 4 is 17.3 Å². The molecule has 0 saturated carbocycles. The molecular weight excluding hydrogens is 264 g/mol. The van der Waals surface area contributed by atoms with Crippen LogP contribution in [0.3, 0.4) is 0 Å². The molecule has 0 aromatic heterocycles. The van der Waals surface area contributed by atoms with Gasteiger partial charge in [0.15, 0.2) is 0 Å². The number of nitrogens with one attached hydrogen (secondary N) is 1. The lowest BCUT2D eigenvalue weighted by atomic mass is 10.2. The Labute approximate surface area is 124 Å². The summed E-state index contributed by atoms with van der Waals surface area (Å²) in [7, 11) is 0. The van der Waals surface area contributed by atoms with E-state index in [9.17, 15) is 4.79 Å². The third-order valence-corrected chi connectivity index (χ3v) is 3.52. The number of morpholine rings is 1. The van der Waals surface area contributed by atoms with Crippen molar-refractivity contribution in [2.45, 2.75) is 0 Å². The van der Waals surface area contributed by atoms with Gasteiger partial charge in [-0.05, 0) is 30.3 Å². The van der Waals surface area contributed by atoms with Gasteiger partial charge in [-0.15, -0.1) is 0 Å². The third-order valence-electron chi connectivity index (χ3n) is 3.52. The molecule has 0 aliphatic carbocycles. The molecule has 2 aromatic carbocycles. The van der Waals surface area contributed by atoms with Crippen molar-refractivity contribution in [1.29, 1.82) is 0 Å². The summed E-state index contributed by atoms with van der Waals surface area (Å²) >= 11 is 0. The molecule has 4 nitrogen and oxygen atoms in total. The number of ether oxygens (including phenoxy) is 1. The van der Waals surface area contributed by atoms with E-state index in [0.29, 0.717) is 5.56 Å². The number of nitrogens with zero attached hydrogens (tertiary/aromatic N) is 1. The quantitative estimate of drug-likeness (QED) is 0.941. The van der Waals surface area contributed by atoms with E-state index in [-0.39, 0.29) is 5.91 Å². The molecule has 1 N–H and O–H groups in total. The van der Waals surface area contributed by atoms with E-state index in [1.54, 1.807) is 12.1 Å². The standard InChI is InChI=1S/C17H18N2O2/c20-17(14-5-2-1-3-6-14)18-15-7-4-8-16(13-15)19-9-11-21-12-10-19/h1-8,13H,9-12H2,(H,18,20). The zero-order valence-electron chi connectivity index (χ0n) is 11.8. The summed E-state index contributed by atoms with van der Waals surface area (Å²) in [5.74, 6) is -0.0882. The van der Waals surface area contributed by atoms with Crippen LogP contribution >= 0.6 is 0 Å². The fourth-order valence-electron chi connectivity index (χ4n) is 2.39. The second-order valence-corrected chi connectivity index (χ2v) is 4.97. The van der Waals surface area contributed by atoms with E-state index in [1.165, 1.54) is 0 Å². The van der Waals surface area contributed by atoms with Gasteiger partial charge in [-0.2, -0.15) is 0 Å². The Kier molecular flexibility index (Phi) is 4.17. The molecule has 0 unspecified atom stereocenters. The first-order valence-corrected chi connectivity index (χ1v) is 7.12. The van der Waals surface area contributed by atoms with Gasteiger partial charge >= 0.3 is 0 Å². The van der Waals surface area contributed by atoms with Crippen LogP contribution in [0.2, 0.25) is 0 Å². The first-order valence-electron chi connectivity index (χ1n) is 7.12. The van der Waals surface area contributed by atoms with Crippen LogP contribution in [0.1, 0.15) is 10.4 Å². The van der Waals surface area contributed by atoms with Crippen molar-refractivity contribution in [3.8, 4) is 0 Å². The molecule has 1 aliphatic heterocycles. The normalized spacial score (nSPS) is 14.8. The SMILES string of the molecule is O=C(Nc1cccc(N2CCOCC2)c1)c1ccccc1. The minimum absolute atomic E-state index is 0.0882. The lowest BCUT2D eigenvalue weighted by Crippen LogP contribution is -2.36. The highest BCUT2D eigenvalue weighted by atomic mass is 16.5. The van der Waals surface area contributed by atoms with Crippen molar-refractivity contribution in [1.82, 2.24) is 0 Å². The summed E-state index contributed by atoms with van der Waals surface area (Å²) in [6.07, 6.45) is 0. The van der Waals surface area contributed by atoms with E-state index in [4.69, 9.17) is 4.74 Å². The van der Waals surface area contributed by atoms with E-state index in [2.05, 4.69) is 16.3 Å². The van der Waals surface area contributed by atoms with Gasteiger partial charge in [-0.25, -0.2) is 0 Å². The molecule has 1 saturated heterocycles. The number of carbonyl (C=O) groups is 1. The molecular formula is C17H18N2O2. The number of amides is 1. The minimum atomic E-state index is -0.0882. The summed E-state index contributed by atoms with van der Waals surface area (Å²) in [6, 6.07) is 17.2. The maximum Gasteiger partial charge on any atom is 0.255 e. The lowest BCUT2D eigenvalue weighted by molar-refractivity contribution is 0.102. The molecule has 4 heteroatoms. The van der Waals surface area contributed by atoms with Crippen LogP contribution in [0.5, 0.6) is 0 Å². The van der Waals surface area contributed by atoms with Gasteiger partial charge in [-0.1, -0.05) is 24.3 Å². The zero-order valence-corrected chi connectivity index (χ0v) is 11.8. The van der Waals surface area contributed by atoms with Gasteiger partial charge in [0, 0.05) is 30.0 Å². The molecule has 0 radical (unpaired) electrons.